The van der Waals surface area contributed by atoms with E-state index in [0.29, 0.717) is 36.5 Å². The number of amides is 1. The zero-order chi connectivity index (χ0) is 34.4. The molecule has 0 bridgehead atoms. The van der Waals surface area contributed by atoms with Gasteiger partial charge in [-0.15, -0.1) is 0 Å². The topological polar surface area (TPSA) is 101 Å². The van der Waals surface area contributed by atoms with Crippen molar-refractivity contribution in [3.63, 3.8) is 0 Å². The minimum absolute atomic E-state index is 0.0347. The van der Waals surface area contributed by atoms with Gasteiger partial charge in [0.1, 0.15) is 12.1 Å². The Hall–Kier alpha value is -2.98. The van der Waals surface area contributed by atoms with Crippen molar-refractivity contribution >= 4 is 17.6 Å². The number of ether oxygens (including phenoxy) is 2. The van der Waals surface area contributed by atoms with Crippen molar-refractivity contribution in [2.24, 2.45) is 17.8 Å². The molecule has 1 amide bonds. The van der Waals surface area contributed by atoms with Crippen LogP contribution < -0.4 is 21.0 Å². The summed E-state index contributed by atoms with van der Waals surface area (Å²) in [6, 6.07) is 16.3. The van der Waals surface area contributed by atoms with Crippen molar-refractivity contribution in [1.82, 2.24) is 16.1 Å². The lowest BCUT2D eigenvalue weighted by atomic mass is 9.83. The fourth-order valence-corrected chi connectivity index (χ4v) is 7.35. The highest BCUT2D eigenvalue weighted by atomic mass is 16.8. The van der Waals surface area contributed by atoms with Crippen molar-refractivity contribution in [2.45, 2.75) is 123 Å². The third-order valence-electron chi connectivity index (χ3n) is 10.4. The van der Waals surface area contributed by atoms with Crippen LogP contribution in [0.5, 0.6) is 0 Å². The van der Waals surface area contributed by atoms with Crippen molar-refractivity contribution in [1.29, 1.82) is 0 Å². The summed E-state index contributed by atoms with van der Waals surface area (Å²) < 4.78 is 11.5. The van der Waals surface area contributed by atoms with Gasteiger partial charge in [-0.2, -0.15) is 0 Å². The largest absolute Gasteiger partial charge is 0.461 e. The maximum atomic E-state index is 13.2. The van der Waals surface area contributed by atoms with Crippen LogP contribution in [0.1, 0.15) is 113 Å². The second kappa shape index (κ2) is 19.4. The Bertz CT molecular complexity index is 1270. The van der Waals surface area contributed by atoms with E-state index in [4.69, 9.17) is 14.3 Å². The van der Waals surface area contributed by atoms with Crippen LogP contribution in [0.4, 0.5) is 5.69 Å². The summed E-state index contributed by atoms with van der Waals surface area (Å²) in [5, 5.41) is 7.28. The summed E-state index contributed by atoms with van der Waals surface area (Å²) in [7, 11) is 0. The van der Waals surface area contributed by atoms with Gasteiger partial charge in [-0.1, -0.05) is 57.4 Å². The lowest BCUT2D eigenvalue weighted by molar-refractivity contribution is -0.163. The van der Waals surface area contributed by atoms with Crippen molar-refractivity contribution < 1.29 is 23.9 Å². The van der Waals surface area contributed by atoms with Crippen LogP contribution >= 0.6 is 0 Å². The number of hydroxylamine groups is 1. The standard InChI is InChI=1S/C40H60N4O5/c1-29(2)28-47-30(3)49-43-39(45)35-17-19-36(20-18-35)44-23-21-33(22-24-44)26-41-25-31-13-15-32(16-14-31)27-42-38(34-9-5-4-6-10-34)40(46)48-37-11-7-8-12-37/h13-20,29-30,33-34,37-38,41-42H,4-12,21-28H2,1-3H3,(H,43,45). The fraction of sp³-hybridized carbons (Fsp3) is 0.650. The van der Waals surface area contributed by atoms with Gasteiger partial charge in [-0.05, 0) is 118 Å². The Morgan fingerprint density at radius 2 is 1.43 bits per heavy atom. The van der Waals surface area contributed by atoms with E-state index in [1.165, 1.54) is 43.2 Å². The first kappa shape index (κ1) is 37.3. The molecule has 2 aliphatic carbocycles. The zero-order valence-corrected chi connectivity index (χ0v) is 30.1. The van der Waals surface area contributed by atoms with Crippen molar-refractivity contribution in [3.05, 3.63) is 65.2 Å². The predicted molar refractivity (Wildman–Crippen MR) is 194 cm³/mol. The molecule has 1 saturated heterocycles. The van der Waals surface area contributed by atoms with Gasteiger partial charge < -0.3 is 25.0 Å². The summed E-state index contributed by atoms with van der Waals surface area (Å²) in [5.74, 6) is 1.11. The molecule has 2 atom stereocenters. The maximum Gasteiger partial charge on any atom is 0.323 e. The Morgan fingerprint density at radius 3 is 2.08 bits per heavy atom. The van der Waals surface area contributed by atoms with Gasteiger partial charge in [0, 0.05) is 37.4 Å². The molecule has 1 aliphatic heterocycles. The molecule has 0 aromatic heterocycles. The van der Waals surface area contributed by atoms with Gasteiger partial charge in [0.15, 0.2) is 6.29 Å². The molecule has 0 spiro atoms. The first-order valence-electron chi connectivity index (χ1n) is 19.0. The number of nitrogens with one attached hydrogen (secondary N) is 3. The Morgan fingerprint density at radius 1 is 0.796 bits per heavy atom. The van der Waals surface area contributed by atoms with E-state index in [1.54, 1.807) is 6.92 Å². The number of carbonyl (C=O) groups is 2. The first-order chi connectivity index (χ1) is 23.8. The van der Waals surface area contributed by atoms with Gasteiger partial charge >= 0.3 is 5.97 Å². The van der Waals surface area contributed by atoms with Crippen molar-refractivity contribution in [3.8, 4) is 0 Å². The quantitative estimate of drug-likeness (QED) is 0.0946. The molecule has 2 aromatic carbocycles. The molecule has 9 heteroatoms. The van der Waals surface area contributed by atoms with E-state index in [9.17, 15) is 9.59 Å². The van der Waals surface area contributed by atoms with E-state index in [-0.39, 0.29) is 24.0 Å². The van der Waals surface area contributed by atoms with E-state index in [1.807, 2.05) is 24.3 Å². The smallest absolute Gasteiger partial charge is 0.323 e. The van der Waals surface area contributed by atoms with Crippen LogP contribution in [0.2, 0.25) is 0 Å². The minimum atomic E-state index is -0.501. The molecule has 270 valence electrons. The molecule has 2 aromatic rings. The summed E-state index contributed by atoms with van der Waals surface area (Å²) >= 11 is 0. The Labute approximate surface area is 294 Å². The number of hydrogen-bond donors (Lipinski definition) is 3. The molecule has 49 heavy (non-hydrogen) atoms. The van der Waals surface area contributed by atoms with Crippen LogP contribution in [0.3, 0.4) is 0 Å². The molecule has 1 heterocycles. The molecule has 2 unspecified atom stereocenters. The van der Waals surface area contributed by atoms with Crippen LogP contribution in [-0.2, 0) is 32.2 Å². The van der Waals surface area contributed by atoms with Gasteiger partial charge in [0.25, 0.3) is 5.91 Å². The van der Waals surface area contributed by atoms with E-state index in [0.717, 1.165) is 70.4 Å². The van der Waals surface area contributed by atoms with Gasteiger partial charge in [0.2, 0.25) is 0 Å². The zero-order valence-electron chi connectivity index (χ0n) is 30.1. The summed E-state index contributed by atoms with van der Waals surface area (Å²) in [4.78, 5) is 33.4. The van der Waals surface area contributed by atoms with Gasteiger partial charge in [-0.25, -0.2) is 10.3 Å². The number of hydrogen-bond acceptors (Lipinski definition) is 8. The second-order valence-corrected chi connectivity index (χ2v) is 14.9. The van der Waals surface area contributed by atoms with Crippen molar-refractivity contribution in [2.75, 3.05) is 31.1 Å². The third-order valence-corrected chi connectivity index (χ3v) is 10.4. The minimum Gasteiger partial charge on any atom is -0.461 e. The highest BCUT2D eigenvalue weighted by Crippen LogP contribution is 2.29. The van der Waals surface area contributed by atoms with Crippen LogP contribution in [0, 0.1) is 17.8 Å². The highest BCUT2D eigenvalue weighted by molar-refractivity contribution is 5.93. The Kier molecular flexibility index (Phi) is 14.8. The van der Waals surface area contributed by atoms with E-state index >= 15 is 0 Å². The predicted octanol–water partition coefficient (Wildman–Crippen LogP) is 6.90. The number of piperidine rings is 1. The molecule has 5 rings (SSSR count). The normalized spacial score (nSPS) is 19.2. The number of nitrogens with zero attached hydrogens (tertiary/aromatic N) is 1. The second-order valence-electron chi connectivity index (χ2n) is 14.9. The van der Waals surface area contributed by atoms with Gasteiger partial charge in [0.05, 0.1) is 6.61 Å². The summed E-state index contributed by atoms with van der Waals surface area (Å²) in [5.41, 5.74) is 6.67. The molecule has 3 fully saturated rings. The molecule has 9 nitrogen and oxygen atoms in total. The summed E-state index contributed by atoms with van der Waals surface area (Å²) in [6.07, 6.45) is 12.2. The number of anilines is 1. The number of esters is 1. The van der Waals surface area contributed by atoms with Crippen LogP contribution in [0.15, 0.2) is 48.5 Å². The Balaban J connectivity index is 0.988. The lowest BCUT2D eigenvalue weighted by Gasteiger charge is -2.34. The SMILES string of the molecule is CC(C)COC(C)ONC(=O)c1ccc(N2CCC(CNCc3ccc(CNC(C(=O)OC4CCCC4)C4CCCCC4)cc3)CC2)cc1. The van der Waals surface area contributed by atoms with Gasteiger partial charge in [-0.3, -0.25) is 9.59 Å². The fourth-order valence-electron chi connectivity index (χ4n) is 7.35. The number of rotatable bonds is 17. The molecule has 2 saturated carbocycles. The number of carbonyl (C=O) groups excluding carboxylic acids is 2. The molecular weight excluding hydrogens is 616 g/mol. The summed E-state index contributed by atoms with van der Waals surface area (Å²) in [6.45, 7) is 11.0. The third kappa shape index (κ3) is 12.1. The molecular formula is C40H60N4O5. The highest BCUT2D eigenvalue weighted by Gasteiger charge is 2.32. The van der Waals surface area contributed by atoms with E-state index < -0.39 is 6.29 Å². The molecule has 3 aliphatic rings. The maximum absolute atomic E-state index is 13.2. The van der Waals surface area contributed by atoms with Crippen LogP contribution in [0.25, 0.3) is 0 Å². The van der Waals surface area contributed by atoms with Crippen LogP contribution in [-0.4, -0.2) is 56.6 Å². The monoisotopic (exact) mass is 676 g/mol. The first-order valence-corrected chi connectivity index (χ1v) is 19.0. The van der Waals surface area contributed by atoms with E-state index in [2.05, 4.69) is 59.1 Å². The molecule has 0 radical (unpaired) electrons. The number of benzene rings is 2. The average molecular weight is 677 g/mol. The molecule has 3 N–H and O–H groups in total. The lowest BCUT2D eigenvalue weighted by Crippen LogP contribution is -2.45. The average Bonchev–Trinajstić information content (AvgIpc) is 3.64.